The van der Waals surface area contributed by atoms with E-state index in [0.29, 0.717) is 35.0 Å². The number of carbonyl (C=O) groups excluding carboxylic acids is 2. The molecular weight excluding hydrogens is 438 g/mol. The second-order valence-electron chi connectivity index (χ2n) is 7.70. The van der Waals surface area contributed by atoms with Gasteiger partial charge in [-0.25, -0.2) is 8.42 Å². The molecule has 0 saturated carbocycles. The van der Waals surface area contributed by atoms with E-state index in [2.05, 4.69) is 5.32 Å². The largest absolute Gasteiger partial charge is 0.477 e. The lowest BCUT2D eigenvalue weighted by atomic mass is 9.97. The Morgan fingerprint density at radius 2 is 1.94 bits per heavy atom. The molecule has 1 aromatic heterocycles. The number of hydrogen-bond acceptors (Lipinski definition) is 6. The van der Waals surface area contributed by atoms with E-state index in [1.54, 1.807) is 41.3 Å². The van der Waals surface area contributed by atoms with Crippen LogP contribution in [0.4, 0.5) is 5.69 Å². The van der Waals surface area contributed by atoms with Crippen LogP contribution >= 0.6 is 11.3 Å². The molecule has 2 unspecified atom stereocenters. The van der Waals surface area contributed by atoms with E-state index in [9.17, 15) is 18.0 Å². The van der Waals surface area contributed by atoms with Gasteiger partial charge in [-0.3, -0.25) is 9.59 Å². The molecule has 2 amide bonds. The molecule has 2 aliphatic heterocycles. The molecule has 0 radical (unpaired) electrons. The SMILES string of the molecule is CNC(=O)C1CN(C(=O)C2CCCN(S(=O)(=O)c3ccc(C)s3)C2)c2ccccc2O1. The Hall–Kier alpha value is -2.43. The molecule has 4 rings (SSSR count). The van der Waals surface area contributed by atoms with Crippen LogP contribution in [-0.2, 0) is 19.6 Å². The predicted molar refractivity (Wildman–Crippen MR) is 118 cm³/mol. The van der Waals surface area contributed by atoms with Gasteiger partial charge in [0.25, 0.3) is 15.9 Å². The van der Waals surface area contributed by atoms with Crippen LogP contribution in [0.25, 0.3) is 0 Å². The third-order valence-electron chi connectivity index (χ3n) is 5.62. The highest BCUT2D eigenvalue weighted by Crippen LogP contribution is 2.36. The molecule has 166 valence electrons. The molecule has 0 bridgehead atoms. The van der Waals surface area contributed by atoms with Crippen molar-refractivity contribution in [1.82, 2.24) is 9.62 Å². The molecule has 8 nitrogen and oxygen atoms in total. The molecule has 31 heavy (non-hydrogen) atoms. The second kappa shape index (κ2) is 8.60. The fraction of sp³-hybridized carbons (Fsp3) is 0.429. The summed E-state index contributed by atoms with van der Waals surface area (Å²) in [5.41, 5.74) is 0.599. The van der Waals surface area contributed by atoms with Crippen molar-refractivity contribution in [3.8, 4) is 5.75 Å². The number of para-hydroxylation sites is 2. The lowest BCUT2D eigenvalue weighted by molar-refractivity contribution is -0.128. The van der Waals surface area contributed by atoms with Gasteiger partial charge in [-0.2, -0.15) is 4.31 Å². The van der Waals surface area contributed by atoms with Crippen LogP contribution in [0.1, 0.15) is 17.7 Å². The summed E-state index contributed by atoms with van der Waals surface area (Å²) in [6, 6.07) is 10.5. The van der Waals surface area contributed by atoms with Crippen LogP contribution in [0.5, 0.6) is 5.75 Å². The molecule has 1 fully saturated rings. The molecule has 1 aromatic carbocycles. The summed E-state index contributed by atoms with van der Waals surface area (Å²) in [6.07, 6.45) is 0.380. The molecule has 2 aromatic rings. The normalized spacial score (nSPS) is 21.8. The number of fused-ring (bicyclic) bond motifs is 1. The molecule has 3 heterocycles. The Kier molecular flexibility index (Phi) is 6.05. The number of likely N-dealkylation sites (N-methyl/N-ethyl adjacent to an activating group) is 1. The number of anilines is 1. The Balaban J connectivity index is 1.58. The zero-order chi connectivity index (χ0) is 22.2. The van der Waals surface area contributed by atoms with Gasteiger partial charge in [0.1, 0.15) is 9.96 Å². The maximum absolute atomic E-state index is 13.5. The van der Waals surface area contributed by atoms with E-state index in [0.717, 1.165) is 4.88 Å². The van der Waals surface area contributed by atoms with Crippen molar-refractivity contribution >= 4 is 38.9 Å². The standard InChI is InChI=1S/C21H25N3O5S2/c1-14-9-10-19(30-14)31(27,28)23-11-5-6-15(12-23)21(26)24-13-18(20(25)22-2)29-17-8-4-3-7-16(17)24/h3-4,7-10,15,18H,5-6,11-13H2,1-2H3,(H,22,25). The van der Waals surface area contributed by atoms with Crippen molar-refractivity contribution in [2.24, 2.45) is 5.92 Å². The summed E-state index contributed by atoms with van der Waals surface area (Å²) < 4.78 is 33.6. The van der Waals surface area contributed by atoms with Crippen molar-refractivity contribution in [3.63, 3.8) is 0 Å². The topological polar surface area (TPSA) is 96.0 Å². The molecule has 0 aliphatic carbocycles. The van der Waals surface area contributed by atoms with Gasteiger partial charge in [-0.1, -0.05) is 12.1 Å². The minimum absolute atomic E-state index is 0.0862. The number of nitrogens with one attached hydrogen (secondary N) is 1. The molecule has 2 atom stereocenters. The fourth-order valence-electron chi connectivity index (χ4n) is 4.00. The monoisotopic (exact) mass is 463 g/mol. The first kappa shape index (κ1) is 21.8. The van der Waals surface area contributed by atoms with Crippen LogP contribution in [0.3, 0.4) is 0 Å². The highest BCUT2D eigenvalue weighted by Gasteiger charge is 2.39. The Morgan fingerprint density at radius 1 is 1.16 bits per heavy atom. The van der Waals surface area contributed by atoms with Crippen LogP contribution < -0.4 is 15.0 Å². The van der Waals surface area contributed by atoms with Gasteiger partial charge < -0.3 is 15.0 Å². The van der Waals surface area contributed by atoms with E-state index in [1.165, 1.54) is 22.7 Å². The highest BCUT2D eigenvalue weighted by atomic mass is 32.2. The molecule has 1 saturated heterocycles. The van der Waals surface area contributed by atoms with E-state index in [4.69, 9.17) is 4.74 Å². The third kappa shape index (κ3) is 4.19. The van der Waals surface area contributed by atoms with Crippen molar-refractivity contribution in [1.29, 1.82) is 0 Å². The van der Waals surface area contributed by atoms with Crippen LogP contribution in [0, 0.1) is 12.8 Å². The Labute approximate surface area is 185 Å². The quantitative estimate of drug-likeness (QED) is 0.748. The fourth-order valence-corrected chi connectivity index (χ4v) is 6.96. The van der Waals surface area contributed by atoms with Gasteiger partial charge >= 0.3 is 0 Å². The van der Waals surface area contributed by atoms with Gasteiger partial charge in [0, 0.05) is 25.0 Å². The predicted octanol–water partition coefficient (Wildman–Crippen LogP) is 2.00. The zero-order valence-corrected chi connectivity index (χ0v) is 19.0. The van der Waals surface area contributed by atoms with Gasteiger partial charge in [-0.05, 0) is 44.0 Å². The summed E-state index contributed by atoms with van der Waals surface area (Å²) in [4.78, 5) is 28.2. The molecular formula is C21H25N3O5S2. The smallest absolute Gasteiger partial charge is 0.262 e. The van der Waals surface area contributed by atoms with Crippen LogP contribution in [0.2, 0.25) is 0 Å². The summed E-state index contributed by atoms with van der Waals surface area (Å²) >= 11 is 1.24. The number of ether oxygens (including phenoxy) is 1. The lowest BCUT2D eigenvalue weighted by Crippen LogP contribution is -2.53. The average molecular weight is 464 g/mol. The summed E-state index contributed by atoms with van der Waals surface area (Å²) in [5.74, 6) is -0.522. The maximum Gasteiger partial charge on any atom is 0.262 e. The minimum atomic E-state index is -3.63. The van der Waals surface area contributed by atoms with E-state index in [-0.39, 0.29) is 24.9 Å². The number of benzene rings is 1. The van der Waals surface area contributed by atoms with E-state index >= 15 is 0 Å². The second-order valence-corrected chi connectivity index (χ2v) is 11.2. The number of aryl methyl sites for hydroxylation is 1. The van der Waals surface area contributed by atoms with E-state index in [1.807, 2.05) is 6.92 Å². The first-order chi connectivity index (χ1) is 14.8. The van der Waals surface area contributed by atoms with Crippen molar-refractivity contribution in [2.45, 2.75) is 30.1 Å². The maximum atomic E-state index is 13.5. The summed E-state index contributed by atoms with van der Waals surface area (Å²) in [6.45, 7) is 2.47. The lowest BCUT2D eigenvalue weighted by Gasteiger charge is -2.38. The van der Waals surface area contributed by atoms with Gasteiger partial charge in [-0.15, -0.1) is 11.3 Å². The first-order valence-electron chi connectivity index (χ1n) is 10.2. The van der Waals surface area contributed by atoms with Crippen molar-refractivity contribution in [2.75, 3.05) is 31.6 Å². The molecule has 10 heteroatoms. The number of nitrogens with zero attached hydrogens (tertiary/aromatic N) is 2. The number of hydrogen-bond donors (Lipinski definition) is 1. The van der Waals surface area contributed by atoms with Crippen LogP contribution in [-0.4, -0.2) is 57.3 Å². The molecule has 1 N–H and O–H groups in total. The number of piperidine rings is 1. The van der Waals surface area contributed by atoms with Crippen LogP contribution in [0.15, 0.2) is 40.6 Å². The number of thiophene rings is 1. The number of carbonyl (C=O) groups is 2. The van der Waals surface area contributed by atoms with Gasteiger partial charge in [0.15, 0.2) is 6.10 Å². The number of amides is 2. The average Bonchev–Trinajstić information content (AvgIpc) is 3.24. The molecule has 2 aliphatic rings. The van der Waals surface area contributed by atoms with Crippen molar-refractivity contribution < 1.29 is 22.7 Å². The minimum Gasteiger partial charge on any atom is -0.477 e. The van der Waals surface area contributed by atoms with Crippen molar-refractivity contribution in [3.05, 3.63) is 41.3 Å². The Bertz CT molecular complexity index is 1100. The summed E-state index contributed by atoms with van der Waals surface area (Å²) in [7, 11) is -2.11. The molecule has 0 spiro atoms. The first-order valence-corrected chi connectivity index (χ1v) is 12.4. The Morgan fingerprint density at radius 3 is 2.65 bits per heavy atom. The van der Waals surface area contributed by atoms with E-state index < -0.39 is 22.0 Å². The number of rotatable bonds is 4. The van der Waals surface area contributed by atoms with Gasteiger partial charge in [0.2, 0.25) is 5.91 Å². The third-order valence-corrected chi connectivity index (χ3v) is 8.95. The number of sulfonamides is 1. The van der Waals surface area contributed by atoms with Gasteiger partial charge in [0.05, 0.1) is 18.2 Å². The zero-order valence-electron chi connectivity index (χ0n) is 17.4. The highest BCUT2D eigenvalue weighted by molar-refractivity contribution is 7.91. The summed E-state index contributed by atoms with van der Waals surface area (Å²) in [5, 5.41) is 2.56.